The molecule has 0 spiro atoms. The Kier molecular flexibility index (Phi) is 4.13. The normalized spacial score (nSPS) is 10.4. The molecule has 1 amide bonds. The Labute approximate surface area is 114 Å². The summed E-state index contributed by atoms with van der Waals surface area (Å²) in [6.07, 6.45) is 5.75. The van der Waals surface area contributed by atoms with Gasteiger partial charge in [-0.3, -0.25) is 20.2 Å². The van der Waals surface area contributed by atoms with Gasteiger partial charge in [0.2, 0.25) is 5.95 Å². The lowest BCUT2D eigenvalue weighted by Gasteiger charge is -1.98. The van der Waals surface area contributed by atoms with Crippen LogP contribution in [-0.2, 0) is 4.79 Å². The van der Waals surface area contributed by atoms with Gasteiger partial charge < -0.3 is 0 Å². The summed E-state index contributed by atoms with van der Waals surface area (Å²) in [6.45, 7) is 0. The molecular formula is C13H10N4O3. The molecular weight excluding hydrogens is 260 g/mol. The second-order valence-corrected chi connectivity index (χ2v) is 3.75. The molecule has 7 heteroatoms. The second-order valence-electron chi connectivity index (χ2n) is 3.75. The maximum absolute atomic E-state index is 11.6. The summed E-state index contributed by atoms with van der Waals surface area (Å²) in [4.78, 5) is 29.4. The van der Waals surface area contributed by atoms with Gasteiger partial charge in [-0.2, -0.15) is 0 Å². The van der Waals surface area contributed by atoms with Gasteiger partial charge in [0, 0.05) is 30.6 Å². The smallest absolute Gasteiger partial charge is 0.270 e. The predicted octanol–water partition coefficient (Wildman–Crippen LogP) is 2.04. The minimum atomic E-state index is -0.491. The molecule has 0 aliphatic carbocycles. The summed E-state index contributed by atoms with van der Waals surface area (Å²) < 4.78 is 0. The third-order valence-corrected chi connectivity index (χ3v) is 2.31. The van der Waals surface area contributed by atoms with Crippen LogP contribution in [0.5, 0.6) is 0 Å². The molecule has 1 N–H and O–H groups in total. The van der Waals surface area contributed by atoms with E-state index in [0.29, 0.717) is 5.56 Å². The van der Waals surface area contributed by atoms with E-state index in [1.807, 2.05) is 0 Å². The Morgan fingerprint density at radius 3 is 2.70 bits per heavy atom. The first kappa shape index (κ1) is 13.3. The van der Waals surface area contributed by atoms with E-state index in [-0.39, 0.29) is 11.6 Å². The minimum Gasteiger partial charge on any atom is -0.291 e. The van der Waals surface area contributed by atoms with Crippen molar-refractivity contribution >= 4 is 23.6 Å². The molecule has 0 fully saturated rings. The van der Waals surface area contributed by atoms with Gasteiger partial charge in [-0.05, 0) is 17.7 Å². The van der Waals surface area contributed by atoms with Crippen molar-refractivity contribution in [3.05, 3.63) is 64.5 Å². The van der Waals surface area contributed by atoms with E-state index in [2.05, 4.69) is 15.3 Å². The molecule has 0 saturated carbocycles. The average Bonchev–Trinajstić information content (AvgIpc) is 2.46. The summed E-state index contributed by atoms with van der Waals surface area (Å²) in [5.41, 5.74) is 0.530. The van der Waals surface area contributed by atoms with E-state index in [1.165, 1.54) is 36.7 Å². The number of hydrogen-bond donors (Lipinski definition) is 1. The number of nitro benzene ring substituents is 1. The zero-order valence-electron chi connectivity index (χ0n) is 10.3. The van der Waals surface area contributed by atoms with Crippen LogP contribution in [0.3, 0.4) is 0 Å². The van der Waals surface area contributed by atoms with Crippen molar-refractivity contribution in [2.75, 3.05) is 5.32 Å². The number of non-ortho nitro benzene ring substituents is 1. The van der Waals surface area contributed by atoms with Crippen molar-refractivity contribution in [2.45, 2.75) is 0 Å². The van der Waals surface area contributed by atoms with Crippen LogP contribution in [0, 0.1) is 10.1 Å². The fraction of sp³-hybridized carbons (Fsp3) is 0. The fourth-order valence-corrected chi connectivity index (χ4v) is 1.43. The molecule has 0 bridgehead atoms. The van der Waals surface area contributed by atoms with Gasteiger partial charge in [0.1, 0.15) is 0 Å². The van der Waals surface area contributed by atoms with E-state index in [0.717, 1.165) is 0 Å². The largest absolute Gasteiger partial charge is 0.291 e. The van der Waals surface area contributed by atoms with Crippen LogP contribution in [0.1, 0.15) is 5.56 Å². The van der Waals surface area contributed by atoms with Crippen LogP contribution in [0.2, 0.25) is 0 Å². The maximum Gasteiger partial charge on any atom is 0.270 e. The molecule has 1 aromatic heterocycles. The van der Waals surface area contributed by atoms with Crippen LogP contribution in [0.25, 0.3) is 6.08 Å². The van der Waals surface area contributed by atoms with Gasteiger partial charge >= 0.3 is 0 Å². The molecule has 2 aromatic rings. The predicted molar refractivity (Wildman–Crippen MR) is 72.8 cm³/mol. The first-order valence-electron chi connectivity index (χ1n) is 5.66. The highest BCUT2D eigenvalue weighted by atomic mass is 16.6. The van der Waals surface area contributed by atoms with Crippen molar-refractivity contribution < 1.29 is 9.72 Å². The van der Waals surface area contributed by atoms with E-state index in [1.54, 1.807) is 18.2 Å². The molecule has 0 aliphatic rings. The number of hydrogen-bond acceptors (Lipinski definition) is 5. The van der Waals surface area contributed by atoms with Gasteiger partial charge in [-0.1, -0.05) is 12.1 Å². The number of nitrogens with one attached hydrogen (secondary N) is 1. The summed E-state index contributed by atoms with van der Waals surface area (Å²) in [6, 6.07) is 7.61. The van der Waals surface area contributed by atoms with E-state index >= 15 is 0 Å². The van der Waals surface area contributed by atoms with Gasteiger partial charge in [0.15, 0.2) is 0 Å². The quantitative estimate of drug-likeness (QED) is 0.520. The van der Waals surface area contributed by atoms with Crippen LogP contribution in [-0.4, -0.2) is 20.8 Å². The van der Waals surface area contributed by atoms with E-state index < -0.39 is 10.8 Å². The topological polar surface area (TPSA) is 98.0 Å². The molecule has 100 valence electrons. The monoisotopic (exact) mass is 270 g/mol. The number of carbonyl (C=O) groups excluding carboxylic acids is 1. The molecule has 0 atom stereocenters. The molecule has 20 heavy (non-hydrogen) atoms. The number of benzene rings is 1. The van der Waals surface area contributed by atoms with Crippen molar-refractivity contribution in [3.8, 4) is 0 Å². The minimum absolute atomic E-state index is 0.0287. The third kappa shape index (κ3) is 3.70. The number of amides is 1. The highest BCUT2D eigenvalue weighted by Gasteiger charge is 2.04. The number of carbonyl (C=O) groups is 1. The van der Waals surface area contributed by atoms with Crippen LogP contribution < -0.4 is 5.32 Å². The standard InChI is InChI=1S/C13H10N4O3/c18-12(16-13-14-7-2-8-15-13)6-5-10-3-1-4-11(9-10)17(19)20/h1-9H,(H,14,15,16,18)/b6-5+. The lowest BCUT2D eigenvalue weighted by molar-refractivity contribution is -0.384. The van der Waals surface area contributed by atoms with Crippen molar-refractivity contribution in [1.82, 2.24) is 9.97 Å². The zero-order valence-corrected chi connectivity index (χ0v) is 10.3. The Morgan fingerprint density at radius 1 is 1.25 bits per heavy atom. The summed E-state index contributed by atoms with van der Waals surface area (Å²) in [7, 11) is 0. The summed E-state index contributed by atoms with van der Waals surface area (Å²) >= 11 is 0. The number of nitrogens with zero attached hydrogens (tertiary/aromatic N) is 3. The maximum atomic E-state index is 11.6. The SMILES string of the molecule is O=C(/C=C/c1cccc([N+](=O)[O-])c1)Nc1ncccn1. The summed E-state index contributed by atoms with van der Waals surface area (Å²) in [5, 5.41) is 13.1. The van der Waals surface area contributed by atoms with Crippen LogP contribution >= 0.6 is 0 Å². The zero-order chi connectivity index (χ0) is 14.4. The van der Waals surface area contributed by atoms with Gasteiger partial charge in [0.25, 0.3) is 11.6 Å². The van der Waals surface area contributed by atoms with Gasteiger partial charge in [-0.15, -0.1) is 0 Å². The Morgan fingerprint density at radius 2 is 2.00 bits per heavy atom. The number of anilines is 1. The first-order chi connectivity index (χ1) is 9.65. The second kappa shape index (κ2) is 6.19. The average molecular weight is 270 g/mol. The highest BCUT2D eigenvalue weighted by Crippen LogP contribution is 2.14. The van der Waals surface area contributed by atoms with E-state index in [9.17, 15) is 14.9 Å². The van der Waals surface area contributed by atoms with Gasteiger partial charge in [0.05, 0.1) is 4.92 Å². The van der Waals surface area contributed by atoms with Crippen molar-refractivity contribution in [1.29, 1.82) is 0 Å². The molecule has 7 nitrogen and oxygen atoms in total. The van der Waals surface area contributed by atoms with E-state index in [4.69, 9.17) is 0 Å². The molecule has 2 rings (SSSR count). The molecule has 0 radical (unpaired) electrons. The number of rotatable bonds is 4. The molecule has 1 aromatic carbocycles. The summed E-state index contributed by atoms with van der Waals surface area (Å²) in [5.74, 6) is -0.219. The highest BCUT2D eigenvalue weighted by molar-refractivity contribution is 6.00. The molecule has 0 unspecified atom stereocenters. The molecule has 0 aliphatic heterocycles. The molecule has 1 heterocycles. The van der Waals surface area contributed by atoms with Crippen LogP contribution in [0.15, 0.2) is 48.8 Å². The molecule has 0 saturated heterocycles. The van der Waals surface area contributed by atoms with Crippen molar-refractivity contribution in [3.63, 3.8) is 0 Å². The Balaban J connectivity index is 2.04. The third-order valence-electron chi connectivity index (χ3n) is 2.31. The fourth-order valence-electron chi connectivity index (χ4n) is 1.43. The number of aromatic nitrogens is 2. The first-order valence-corrected chi connectivity index (χ1v) is 5.66. The Bertz CT molecular complexity index is 656. The van der Waals surface area contributed by atoms with Crippen molar-refractivity contribution in [2.24, 2.45) is 0 Å². The lowest BCUT2D eigenvalue weighted by Crippen LogP contribution is -2.10. The van der Waals surface area contributed by atoms with Crippen LogP contribution in [0.4, 0.5) is 11.6 Å². The van der Waals surface area contributed by atoms with Gasteiger partial charge in [-0.25, -0.2) is 9.97 Å². The Hall–Kier alpha value is -3.09. The number of nitro groups is 1. The lowest BCUT2D eigenvalue weighted by atomic mass is 10.2.